The van der Waals surface area contributed by atoms with Crippen LogP contribution in [0.25, 0.3) is 0 Å². The van der Waals surface area contributed by atoms with Gasteiger partial charge in [-0.2, -0.15) is 0 Å². The molecule has 0 saturated carbocycles. The van der Waals surface area contributed by atoms with Crippen molar-refractivity contribution in [2.45, 2.75) is 108 Å². The van der Waals surface area contributed by atoms with Crippen LogP contribution in [0.2, 0.25) is 0 Å². The third-order valence-electron chi connectivity index (χ3n) is 10.3. The lowest BCUT2D eigenvalue weighted by Gasteiger charge is -2.35. The zero-order valence-corrected chi connectivity index (χ0v) is 39.3. The minimum atomic E-state index is -5.37. The summed E-state index contributed by atoms with van der Waals surface area (Å²) in [7, 11) is -0.584. The predicted octanol–water partition coefficient (Wildman–Crippen LogP) is -1.62. The number of benzene rings is 1. The van der Waals surface area contributed by atoms with E-state index in [1.54, 1.807) is 13.8 Å². The second-order valence-electron chi connectivity index (χ2n) is 16.5. The molecule has 67 heavy (non-hydrogen) atoms. The van der Waals surface area contributed by atoms with Crippen LogP contribution >= 0.6 is 7.82 Å². The lowest BCUT2D eigenvalue weighted by molar-refractivity contribution is -0.156. The third-order valence-corrected chi connectivity index (χ3v) is 10.9. The topological polar surface area (TPSA) is 347 Å². The van der Waals surface area contributed by atoms with Crippen molar-refractivity contribution in [3.05, 3.63) is 23.8 Å². The van der Waals surface area contributed by atoms with Crippen LogP contribution in [0.15, 0.2) is 18.2 Å². The molecular formula is C41H64N7O18P. The first kappa shape index (κ1) is 55.9. The molecular weight excluding hydrogens is 909 g/mol. The van der Waals surface area contributed by atoms with Crippen molar-refractivity contribution in [1.29, 1.82) is 0 Å². The molecule has 2 saturated heterocycles. The number of carbonyl (C=O) groups excluding carboxylic acids is 7. The Kier molecular flexibility index (Phi) is 22.4. The van der Waals surface area contributed by atoms with Crippen LogP contribution in [0.4, 0.5) is 0 Å². The Bertz CT molecular complexity index is 1950. The van der Waals surface area contributed by atoms with Gasteiger partial charge in [-0.05, 0) is 71.2 Å². The number of aliphatic hydroxyl groups excluding tert-OH is 1. The lowest BCUT2D eigenvalue weighted by Crippen LogP contribution is -2.63. The van der Waals surface area contributed by atoms with Crippen LogP contribution in [0.5, 0.6) is 11.5 Å². The van der Waals surface area contributed by atoms with Crippen molar-refractivity contribution in [3.8, 4) is 11.5 Å². The first-order valence-electron chi connectivity index (χ1n) is 21.7. The highest BCUT2D eigenvalue weighted by molar-refractivity contribution is 7.46. The molecule has 9 N–H and O–H groups in total. The van der Waals surface area contributed by atoms with Crippen molar-refractivity contribution in [2.24, 2.45) is 5.92 Å². The summed E-state index contributed by atoms with van der Waals surface area (Å²) in [5.41, 5.74) is -0.0708. The number of hydrogen-bond acceptors (Lipinski definition) is 16. The Morgan fingerprint density at radius 3 is 2.24 bits per heavy atom. The Morgan fingerprint density at radius 2 is 1.64 bits per heavy atom. The zero-order chi connectivity index (χ0) is 50.0. The number of phosphoric acid groups is 1. The SMILES string of the molecule is COC(=O)[C@H](CC(C)C)NC(=O)[C@@H]1CC[C@H]2OCCNC(=O)CC[C@H](NC(=O)c3cc(OCCCC(=O)O)cc(OCCN(C)C)c3)C(=O)N[C@@H](CO)C(=O)N[C@@H]([C@@H](C)OP(=O)(O)O)C(=O)N21. The molecule has 7 atom stereocenters. The predicted molar refractivity (Wildman–Crippen MR) is 233 cm³/mol. The molecule has 1 aromatic rings. The van der Waals surface area contributed by atoms with E-state index in [1.165, 1.54) is 18.2 Å². The molecule has 2 aliphatic heterocycles. The minimum absolute atomic E-state index is 0.0133. The van der Waals surface area contributed by atoms with E-state index in [2.05, 4.69) is 26.6 Å². The van der Waals surface area contributed by atoms with Gasteiger partial charge in [-0.3, -0.25) is 38.1 Å². The van der Waals surface area contributed by atoms with Gasteiger partial charge < -0.3 is 75.3 Å². The first-order valence-corrected chi connectivity index (χ1v) is 23.2. The maximum absolute atomic E-state index is 14.6. The molecule has 0 radical (unpaired) electrons. The Labute approximate surface area is 387 Å². The summed E-state index contributed by atoms with van der Waals surface area (Å²) in [6, 6.07) is -3.80. The molecule has 3 rings (SSSR count). The third kappa shape index (κ3) is 18.6. The van der Waals surface area contributed by atoms with Gasteiger partial charge in [0.25, 0.3) is 11.8 Å². The Morgan fingerprint density at radius 1 is 0.970 bits per heavy atom. The van der Waals surface area contributed by atoms with E-state index in [0.29, 0.717) is 6.54 Å². The Balaban J connectivity index is 1.99. The number of carboxylic acids is 1. The second-order valence-corrected chi connectivity index (χ2v) is 17.7. The maximum Gasteiger partial charge on any atom is 0.469 e. The number of nitrogens with one attached hydrogen (secondary N) is 5. The van der Waals surface area contributed by atoms with Crippen molar-refractivity contribution in [1.82, 2.24) is 36.4 Å². The summed E-state index contributed by atoms with van der Waals surface area (Å²) in [6.07, 6.45) is -3.67. The van der Waals surface area contributed by atoms with E-state index < -0.39 is 104 Å². The second kappa shape index (κ2) is 26.8. The van der Waals surface area contributed by atoms with Gasteiger partial charge in [0.1, 0.15) is 54.5 Å². The number of amides is 6. The monoisotopic (exact) mass is 973 g/mol. The van der Waals surface area contributed by atoms with Crippen LogP contribution in [-0.4, -0.2) is 180 Å². The number of methoxy groups -OCH3 is 1. The summed E-state index contributed by atoms with van der Waals surface area (Å²) < 4.78 is 39.2. The van der Waals surface area contributed by atoms with Crippen LogP contribution in [0.1, 0.15) is 76.1 Å². The average Bonchev–Trinajstić information content (AvgIpc) is 3.68. The number of esters is 1. The molecule has 25 nitrogen and oxygen atoms in total. The fraction of sp³-hybridized carbons (Fsp3) is 0.659. The number of carboxylic acid groups (broad SMARTS) is 1. The zero-order valence-electron chi connectivity index (χ0n) is 38.4. The number of rotatable bonds is 20. The first-order chi connectivity index (χ1) is 31.5. The molecule has 1 aromatic carbocycles. The highest BCUT2D eigenvalue weighted by Gasteiger charge is 2.47. The molecule has 0 unspecified atom stereocenters. The number of ether oxygens (including phenoxy) is 4. The largest absolute Gasteiger partial charge is 0.493 e. The van der Waals surface area contributed by atoms with Gasteiger partial charge in [0.2, 0.25) is 23.6 Å². The maximum atomic E-state index is 14.6. The van der Waals surface area contributed by atoms with Crippen LogP contribution in [0.3, 0.4) is 0 Å². The van der Waals surface area contributed by atoms with Gasteiger partial charge >= 0.3 is 19.8 Å². The summed E-state index contributed by atoms with van der Waals surface area (Å²) in [5, 5.41) is 31.7. The number of carbonyl (C=O) groups is 8. The minimum Gasteiger partial charge on any atom is -0.493 e. The van der Waals surface area contributed by atoms with Crippen molar-refractivity contribution < 1.29 is 86.4 Å². The van der Waals surface area contributed by atoms with Crippen molar-refractivity contribution in [2.75, 3.05) is 60.7 Å². The van der Waals surface area contributed by atoms with Gasteiger partial charge in [0.15, 0.2) is 0 Å². The van der Waals surface area contributed by atoms with Gasteiger partial charge in [0.05, 0.1) is 33.0 Å². The standard InChI is InChI=1S/C41H64N7O18P/c1-23(2)18-29(41(58)62-6)44-39(56)31-10-12-33-48(31)40(57)35(24(3)66-67(59,60)61)46-38(55)30(22-49)45-37(54)28(9-11-32(50)42-13-16-65-33)43-36(53)25-19-26(63-15-7-8-34(51)52)21-27(20-25)64-17-14-47(4)5/h19-21,23-24,28-31,33,35,49H,7-18,22H2,1-6H3,(H,42,50)(H,43,53)(H,44,56)(H,45,54)(H,46,55)(H,51,52)(H2,59,60,61)/t24-,28+,29+,30+,31+,33-,35+/m1/s1. The quantitative estimate of drug-likeness (QED) is 0.0403. The van der Waals surface area contributed by atoms with Crippen molar-refractivity contribution >= 4 is 55.2 Å². The summed E-state index contributed by atoms with van der Waals surface area (Å²) in [6.45, 7) is 3.81. The number of phosphoric ester groups is 1. The molecule has 376 valence electrons. The van der Waals surface area contributed by atoms with E-state index in [4.69, 9.17) is 28.6 Å². The molecule has 0 aliphatic carbocycles. The highest BCUT2D eigenvalue weighted by Crippen LogP contribution is 2.39. The number of hydrogen-bond donors (Lipinski definition) is 9. The van der Waals surface area contributed by atoms with Gasteiger partial charge in [-0.1, -0.05) is 13.8 Å². The average molecular weight is 974 g/mol. The van der Waals surface area contributed by atoms with E-state index in [0.717, 1.165) is 18.9 Å². The molecule has 0 bridgehead atoms. The summed E-state index contributed by atoms with van der Waals surface area (Å²) >= 11 is 0. The van der Waals surface area contributed by atoms with Gasteiger partial charge in [0, 0.05) is 37.6 Å². The van der Waals surface area contributed by atoms with Crippen LogP contribution < -0.4 is 36.1 Å². The number of aliphatic hydroxyl groups is 1. The van der Waals surface area contributed by atoms with Crippen molar-refractivity contribution in [3.63, 3.8) is 0 Å². The summed E-state index contributed by atoms with van der Waals surface area (Å²) in [5.74, 6) is -7.32. The summed E-state index contributed by atoms with van der Waals surface area (Å²) in [4.78, 5) is 129. The number of nitrogens with zero attached hydrogens (tertiary/aromatic N) is 2. The fourth-order valence-electron chi connectivity index (χ4n) is 7.02. The van der Waals surface area contributed by atoms with E-state index in [1.807, 2.05) is 19.0 Å². The van der Waals surface area contributed by atoms with Gasteiger partial charge in [-0.25, -0.2) is 9.36 Å². The molecule has 2 fully saturated rings. The number of aliphatic carboxylic acids is 1. The Hall–Kier alpha value is -5.43. The molecule has 26 heteroatoms. The van der Waals surface area contributed by atoms with E-state index >= 15 is 0 Å². The van der Waals surface area contributed by atoms with E-state index in [-0.39, 0.29) is 94.3 Å². The fourth-order valence-corrected chi connectivity index (χ4v) is 7.57. The van der Waals surface area contributed by atoms with Crippen LogP contribution in [-0.2, 0) is 52.1 Å². The molecule has 6 amide bonds. The number of fused-ring (bicyclic) bond motifs is 1. The normalized spacial score (nSPS) is 22.1. The molecule has 2 heterocycles. The van der Waals surface area contributed by atoms with Gasteiger partial charge in [-0.15, -0.1) is 0 Å². The molecule has 2 aliphatic rings. The van der Waals surface area contributed by atoms with E-state index in [9.17, 15) is 57.8 Å². The smallest absolute Gasteiger partial charge is 0.469 e. The highest BCUT2D eigenvalue weighted by atomic mass is 31.2. The molecule has 0 aromatic heterocycles. The number of likely N-dealkylation sites (N-methyl/N-ethyl adjacent to an activating group) is 1. The lowest BCUT2D eigenvalue weighted by atomic mass is 10.0. The molecule has 0 spiro atoms. The van der Waals surface area contributed by atoms with Crippen LogP contribution in [0, 0.1) is 5.92 Å².